The third-order valence-corrected chi connectivity index (χ3v) is 4.42. The van der Waals surface area contributed by atoms with Gasteiger partial charge in [-0.1, -0.05) is 0 Å². The molecule has 0 unspecified atom stereocenters. The molecule has 3 rings (SSSR count). The van der Waals surface area contributed by atoms with E-state index in [1.165, 1.54) is 21.6 Å². The number of nitrogens with zero attached hydrogens (tertiary/aromatic N) is 3. The van der Waals surface area contributed by atoms with Gasteiger partial charge in [0.15, 0.2) is 0 Å². The Balaban J connectivity index is 1.74. The Bertz CT molecular complexity index is 922. The van der Waals surface area contributed by atoms with Crippen molar-refractivity contribution in [2.45, 2.75) is 19.1 Å². The van der Waals surface area contributed by atoms with E-state index in [4.69, 9.17) is 0 Å². The molecule has 144 valence electrons. The Morgan fingerprint density at radius 1 is 1.22 bits per heavy atom. The molecular formula is C17H18F3N5O2. The first-order valence-electron chi connectivity index (χ1n) is 8.20. The lowest BCUT2D eigenvalue weighted by molar-refractivity contribution is -0.137. The molecule has 2 amide bonds. The van der Waals surface area contributed by atoms with Crippen LogP contribution in [-0.2, 0) is 26.2 Å². The third kappa shape index (κ3) is 3.74. The molecule has 0 radical (unpaired) electrons. The van der Waals surface area contributed by atoms with Crippen LogP contribution in [0.5, 0.6) is 0 Å². The van der Waals surface area contributed by atoms with Crippen molar-refractivity contribution in [3.05, 3.63) is 51.4 Å². The van der Waals surface area contributed by atoms with Gasteiger partial charge >= 0.3 is 12.2 Å². The molecule has 0 saturated heterocycles. The van der Waals surface area contributed by atoms with Gasteiger partial charge in [0.1, 0.15) is 0 Å². The maximum atomic E-state index is 12.6. The molecule has 2 heterocycles. The normalized spacial score (nSPS) is 13.9. The predicted molar refractivity (Wildman–Crippen MR) is 93.6 cm³/mol. The molecule has 0 bridgehead atoms. The van der Waals surface area contributed by atoms with Crippen molar-refractivity contribution in [1.29, 1.82) is 0 Å². The molecule has 1 aromatic heterocycles. The molecule has 1 aliphatic rings. The van der Waals surface area contributed by atoms with Crippen LogP contribution in [0.2, 0.25) is 0 Å². The number of rotatable bonds is 2. The molecule has 0 atom stereocenters. The van der Waals surface area contributed by atoms with Gasteiger partial charge in [0.25, 0.3) is 5.56 Å². The minimum Gasteiger partial charge on any atom is -0.359 e. The van der Waals surface area contributed by atoms with Crippen molar-refractivity contribution in [3.63, 3.8) is 0 Å². The van der Waals surface area contributed by atoms with Crippen LogP contribution in [0.25, 0.3) is 0 Å². The highest BCUT2D eigenvalue weighted by Gasteiger charge is 2.30. The van der Waals surface area contributed by atoms with Gasteiger partial charge < -0.3 is 15.5 Å². The number of hydrogen-bond acceptors (Lipinski definition) is 4. The number of fused-ring (bicyclic) bond motifs is 1. The third-order valence-electron chi connectivity index (χ3n) is 4.42. The standard InChI is InChI=1S/C17H18F3N5O2/c1-21-15-23-13-9-25(8-7-12(13)14(26)24(15)2)16(27)22-11-5-3-10(4-6-11)17(18,19)20/h3-6H,7-9H2,1-2H3,(H,21,23)(H,22,27). The summed E-state index contributed by atoms with van der Waals surface area (Å²) < 4.78 is 39.2. The molecule has 1 aromatic carbocycles. The van der Waals surface area contributed by atoms with Crippen LogP contribution in [0.3, 0.4) is 0 Å². The molecule has 0 aliphatic carbocycles. The average molecular weight is 381 g/mol. The van der Waals surface area contributed by atoms with Gasteiger partial charge in [0.05, 0.1) is 17.8 Å². The van der Waals surface area contributed by atoms with Gasteiger partial charge in [-0.3, -0.25) is 9.36 Å². The SMILES string of the molecule is CNc1nc2c(c(=O)n1C)CCN(C(=O)Nc1ccc(C(F)(F)F)cc1)C2. The summed E-state index contributed by atoms with van der Waals surface area (Å²) in [4.78, 5) is 30.6. The number of halogens is 3. The van der Waals surface area contributed by atoms with E-state index in [0.29, 0.717) is 30.2 Å². The van der Waals surface area contributed by atoms with Gasteiger partial charge in [0, 0.05) is 31.9 Å². The quantitative estimate of drug-likeness (QED) is 0.838. The minimum atomic E-state index is -4.43. The van der Waals surface area contributed by atoms with Crippen LogP contribution >= 0.6 is 0 Å². The van der Waals surface area contributed by atoms with Crippen molar-refractivity contribution in [3.8, 4) is 0 Å². The summed E-state index contributed by atoms with van der Waals surface area (Å²) in [5, 5.41) is 5.40. The number of hydrogen-bond donors (Lipinski definition) is 2. The van der Waals surface area contributed by atoms with Crippen molar-refractivity contribution in [1.82, 2.24) is 14.5 Å². The molecule has 7 nitrogen and oxygen atoms in total. The lowest BCUT2D eigenvalue weighted by Crippen LogP contribution is -2.42. The number of benzene rings is 1. The molecule has 1 aliphatic heterocycles. The number of amides is 2. The summed E-state index contributed by atoms with van der Waals surface area (Å²) in [5.74, 6) is 0.392. The van der Waals surface area contributed by atoms with E-state index in [-0.39, 0.29) is 17.8 Å². The van der Waals surface area contributed by atoms with Gasteiger partial charge in [-0.25, -0.2) is 9.78 Å². The Morgan fingerprint density at radius 2 is 1.89 bits per heavy atom. The summed E-state index contributed by atoms with van der Waals surface area (Å²) in [6.45, 7) is 0.460. The second-order valence-corrected chi connectivity index (χ2v) is 6.15. The van der Waals surface area contributed by atoms with Crippen LogP contribution in [0.15, 0.2) is 29.1 Å². The molecule has 10 heteroatoms. The van der Waals surface area contributed by atoms with Crippen molar-refractivity contribution < 1.29 is 18.0 Å². The van der Waals surface area contributed by atoms with E-state index in [1.54, 1.807) is 14.1 Å². The zero-order valence-electron chi connectivity index (χ0n) is 14.7. The first-order valence-corrected chi connectivity index (χ1v) is 8.20. The highest BCUT2D eigenvalue weighted by molar-refractivity contribution is 5.89. The van der Waals surface area contributed by atoms with Crippen molar-refractivity contribution in [2.75, 3.05) is 24.2 Å². The molecule has 0 saturated carbocycles. The number of carbonyl (C=O) groups is 1. The largest absolute Gasteiger partial charge is 0.416 e. The zero-order valence-corrected chi connectivity index (χ0v) is 14.7. The number of anilines is 2. The number of carbonyl (C=O) groups excluding carboxylic acids is 1. The second kappa shape index (κ2) is 6.93. The highest BCUT2D eigenvalue weighted by Crippen LogP contribution is 2.30. The number of aromatic nitrogens is 2. The van der Waals surface area contributed by atoms with Crippen LogP contribution in [0.4, 0.5) is 29.6 Å². The molecule has 27 heavy (non-hydrogen) atoms. The summed E-state index contributed by atoms with van der Waals surface area (Å²) in [6, 6.07) is 3.75. The van der Waals surface area contributed by atoms with Gasteiger partial charge in [-0.05, 0) is 30.7 Å². The Morgan fingerprint density at radius 3 is 2.48 bits per heavy atom. The lowest BCUT2D eigenvalue weighted by Gasteiger charge is -2.28. The summed E-state index contributed by atoms with van der Waals surface area (Å²) in [7, 11) is 3.26. The summed E-state index contributed by atoms with van der Waals surface area (Å²) >= 11 is 0. The second-order valence-electron chi connectivity index (χ2n) is 6.15. The summed E-state index contributed by atoms with van der Waals surface area (Å²) in [5.41, 5.74) is 0.386. The van der Waals surface area contributed by atoms with Gasteiger partial charge in [0.2, 0.25) is 5.95 Å². The smallest absolute Gasteiger partial charge is 0.359 e. The minimum absolute atomic E-state index is 0.145. The van der Waals surface area contributed by atoms with E-state index in [0.717, 1.165) is 12.1 Å². The van der Waals surface area contributed by atoms with E-state index in [9.17, 15) is 22.8 Å². The van der Waals surface area contributed by atoms with Crippen LogP contribution in [0.1, 0.15) is 16.8 Å². The number of alkyl halides is 3. The Kier molecular flexibility index (Phi) is 4.81. The van der Waals surface area contributed by atoms with Gasteiger partial charge in [-0.2, -0.15) is 13.2 Å². The molecule has 2 aromatic rings. The Labute approximate surface area is 152 Å². The van der Waals surface area contributed by atoms with Crippen molar-refractivity contribution >= 4 is 17.7 Å². The fourth-order valence-corrected chi connectivity index (χ4v) is 2.92. The first kappa shape index (κ1) is 18.7. The Hall–Kier alpha value is -3.04. The molecule has 0 fully saturated rings. The molecule has 2 N–H and O–H groups in total. The van der Waals surface area contributed by atoms with E-state index in [1.807, 2.05) is 0 Å². The van der Waals surface area contributed by atoms with Crippen LogP contribution in [0, 0.1) is 0 Å². The fraction of sp³-hybridized carbons (Fsp3) is 0.353. The maximum absolute atomic E-state index is 12.6. The lowest BCUT2D eigenvalue weighted by atomic mass is 10.1. The van der Waals surface area contributed by atoms with Crippen LogP contribution in [-0.4, -0.2) is 34.1 Å². The fourth-order valence-electron chi connectivity index (χ4n) is 2.92. The number of nitrogens with one attached hydrogen (secondary N) is 2. The molecular weight excluding hydrogens is 363 g/mol. The maximum Gasteiger partial charge on any atom is 0.416 e. The number of urea groups is 1. The highest BCUT2D eigenvalue weighted by atomic mass is 19.4. The van der Waals surface area contributed by atoms with Gasteiger partial charge in [-0.15, -0.1) is 0 Å². The van der Waals surface area contributed by atoms with E-state index < -0.39 is 17.8 Å². The monoisotopic (exact) mass is 381 g/mol. The zero-order chi connectivity index (χ0) is 19.8. The van der Waals surface area contributed by atoms with E-state index >= 15 is 0 Å². The van der Waals surface area contributed by atoms with Crippen LogP contribution < -0.4 is 16.2 Å². The predicted octanol–water partition coefficient (Wildman–Crippen LogP) is 2.43. The average Bonchev–Trinajstić information content (AvgIpc) is 2.64. The van der Waals surface area contributed by atoms with Crippen molar-refractivity contribution in [2.24, 2.45) is 7.05 Å². The topological polar surface area (TPSA) is 79.3 Å². The van der Waals surface area contributed by atoms with E-state index in [2.05, 4.69) is 15.6 Å². The first-order chi connectivity index (χ1) is 12.7. The summed E-state index contributed by atoms with van der Waals surface area (Å²) in [6.07, 6.45) is -4.07. The molecule has 0 spiro atoms.